The van der Waals surface area contributed by atoms with Crippen molar-refractivity contribution < 1.29 is 9.90 Å². The molecule has 5 nitrogen and oxygen atoms in total. The van der Waals surface area contributed by atoms with E-state index >= 15 is 0 Å². The second-order valence-corrected chi connectivity index (χ2v) is 7.86. The highest BCUT2D eigenvalue weighted by Gasteiger charge is 2.33. The number of fused-ring (bicyclic) bond motifs is 1. The number of carbonyl (C=O) groups is 1. The summed E-state index contributed by atoms with van der Waals surface area (Å²) in [6, 6.07) is 8.23. The second-order valence-electron chi connectivity index (χ2n) is 6.85. The van der Waals surface area contributed by atoms with Crippen molar-refractivity contribution in [3.05, 3.63) is 24.3 Å². The second kappa shape index (κ2) is 6.69. The summed E-state index contributed by atoms with van der Waals surface area (Å²) >= 11 is 1.73. The summed E-state index contributed by atoms with van der Waals surface area (Å²) in [5, 5.41) is 10.3. The Morgan fingerprint density at radius 3 is 2.71 bits per heavy atom. The van der Waals surface area contributed by atoms with E-state index < -0.39 is 0 Å². The van der Waals surface area contributed by atoms with Gasteiger partial charge >= 0.3 is 0 Å². The molecule has 6 heteroatoms. The zero-order valence-corrected chi connectivity index (χ0v) is 14.5. The normalized spacial score (nSPS) is 22.5. The van der Waals surface area contributed by atoms with Crippen LogP contribution in [0.1, 0.15) is 19.3 Å². The molecule has 2 aliphatic rings. The summed E-state index contributed by atoms with van der Waals surface area (Å²) in [6.45, 7) is 3.52. The Bertz CT molecular complexity index is 691. The van der Waals surface area contributed by atoms with Crippen molar-refractivity contribution in [3.63, 3.8) is 0 Å². The predicted molar refractivity (Wildman–Crippen MR) is 96.3 cm³/mol. The van der Waals surface area contributed by atoms with Gasteiger partial charge in [0.15, 0.2) is 5.13 Å². The molecule has 0 aliphatic carbocycles. The number of rotatable bonds is 3. The Hall–Kier alpha value is -1.66. The lowest BCUT2D eigenvalue weighted by Crippen LogP contribution is -2.42. The number of thiazole rings is 1. The maximum Gasteiger partial charge on any atom is 0.225 e. The van der Waals surface area contributed by atoms with Crippen LogP contribution in [0, 0.1) is 11.8 Å². The molecule has 24 heavy (non-hydrogen) atoms. The third kappa shape index (κ3) is 3.00. The quantitative estimate of drug-likeness (QED) is 0.928. The van der Waals surface area contributed by atoms with E-state index in [-0.39, 0.29) is 24.3 Å². The van der Waals surface area contributed by atoms with Crippen molar-refractivity contribution in [2.24, 2.45) is 11.8 Å². The fraction of sp³-hybridized carbons (Fsp3) is 0.556. The molecule has 1 N–H and O–H groups in total. The number of piperidine rings is 1. The fourth-order valence-electron chi connectivity index (χ4n) is 3.75. The highest BCUT2D eigenvalue weighted by atomic mass is 32.1. The van der Waals surface area contributed by atoms with E-state index in [0.29, 0.717) is 0 Å². The molecule has 4 rings (SSSR count). The molecule has 2 saturated heterocycles. The number of carbonyl (C=O) groups excluding carboxylic acids is 1. The number of para-hydroxylation sites is 1. The van der Waals surface area contributed by atoms with Gasteiger partial charge in [0.2, 0.25) is 5.91 Å². The summed E-state index contributed by atoms with van der Waals surface area (Å²) in [6.07, 6.45) is 2.73. The fourth-order valence-corrected chi connectivity index (χ4v) is 4.77. The monoisotopic (exact) mass is 345 g/mol. The number of aromatic nitrogens is 1. The van der Waals surface area contributed by atoms with Crippen LogP contribution in [-0.2, 0) is 4.79 Å². The summed E-state index contributed by atoms with van der Waals surface area (Å²) in [4.78, 5) is 21.7. The molecule has 2 aliphatic heterocycles. The van der Waals surface area contributed by atoms with Gasteiger partial charge in [-0.25, -0.2) is 4.98 Å². The van der Waals surface area contributed by atoms with Crippen molar-refractivity contribution in [2.75, 3.05) is 37.7 Å². The van der Waals surface area contributed by atoms with E-state index in [4.69, 9.17) is 4.98 Å². The minimum absolute atomic E-state index is 0.132. The number of likely N-dealkylation sites (tertiary alicyclic amines) is 1. The molecular formula is C18H23N3O2S. The molecule has 0 saturated carbocycles. The van der Waals surface area contributed by atoms with Gasteiger partial charge in [0, 0.05) is 44.6 Å². The highest BCUT2D eigenvalue weighted by Crippen LogP contribution is 2.32. The molecule has 1 aromatic carbocycles. The van der Waals surface area contributed by atoms with Gasteiger partial charge in [0.05, 0.1) is 10.2 Å². The van der Waals surface area contributed by atoms with Crippen LogP contribution in [0.2, 0.25) is 0 Å². The first kappa shape index (κ1) is 15.8. The van der Waals surface area contributed by atoms with Gasteiger partial charge in [-0.2, -0.15) is 0 Å². The topological polar surface area (TPSA) is 56.7 Å². The van der Waals surface area contributed by atoms with Crippen molar-refractivity contribution in [2.45, 2.75) is 19.3 Å². The van der Waals surface area contributed by atoms with E-state index in [1.165, 1.54) is 4.70 Å². The lowest BCUT2D eigenvalue weighted by molar-refractivity contribution is -0.135. The number of amides is 1. The Labute approximate surface area is 145 Å². The lowest BCUT2D eigenvalue weighted by Gasteiger charge is -2.33. The number of hydrogen-bond donors (Lipinski definition) is 1. The third-order valence-electron chi connectivity index (χ3n) is 5.25. The number of hydrogen-bond acceptors (Lipinski definition) is 5. The van der Waals surface area contributed by atoms with Gasteiger partial charge in [-0.3, -0.25) is 4.79 Å². The van der Waals surface area contributed by atoms with Crippen LogP contribution < -0.4 is 4.90 Å². The maximum absolute atomic E-state index is 12.7. The average Bonchev–Trinajstić information content (AvgIpc) is 3.28. The molecule has 2 fully saturated rings. The van der Waals surface area contributed by atoms with Crippen LogP contribution >= 0.6 is 11.3 Å². The molecule has 128 valence electrons. The first-order chi connectivity index (χ1) is 11.7. The van der Waals surface area contributed by atoms with Crippen molar-refractivity contribution >= 4 is 32.6 Å². The molecule has 1 atom stereocenters. The molecular weight excluding hydrogens is 322 g/mol. The van der Waals surface area contributed by atoms with Crippen LogP contribution in [-0.4, -0.2) is 53.7 Å². The predicted octanol–water partition coefficient (Wildman–Crippen LogP) is 2.35. The van der Waals surface area contributed by atoms with Gasteiger partial charge in [0.25, 0.3) is 0 Å². The van der Waals surface area contributed by atoms with E-state index in [1.807, 2.05) is 17.0 Å². The first-order valence-electron chi connectivity index (χ1n) is 8.75. The maximum atomic E-state index is 12.7. The molecule has 1 aromatic heterocycles. The summed E-state index contributed by atoms with van der Waals surface area (Å²) in [5.74, 6) is 0.694. The molecule has 0 bridgehead atoms. The van der Waals surface area contributed by atoms with Gasteiger partial charge < -0.3 is 14.9 Å². The molecule has 3 heterocycles. The third-order valence-corrected chi connectivity index (χ3v) is 6.35. The van der Waals surface area contributed by atoms with Crippen LogP contribution in [0.3, 0.4) is 0 Å². The van der Waals surface area contributed by atoms with Crippen molar-refractivity contribution in [1.82, 2.24) is 9.88 Å². The van der Waals surface area contributed by atoms with E-state index in [0.717, 1.165) is 56.1 Å². The van der Waals surface area contributed by atoms with Gasteiger partial charge in [-0.1, -0.05) is 23.5 Å². The van der Waals surface area contributed by atoms with Crippen LogP contribution in [0.4, 0.5) is 5.13 Å². The zero-order chi connectivity index (χ0) is 16.5. The minimum Gasteiger partial charge on any atom is -0.396 e. The van der Waals surface area contributed by atoms with E-state index in [9.17, 15) is 9.90 Å². The molecule has 1 unspecified atom stereocenters. The number of aliphatic hydroxyl groups is 1. The first-order valence-corrected chi connectivity index (χ1v) is 9.56. The highest BCUT2D eigenvalue weighted by molar-refractivity contribution is 7.22. The summed E-state index contributed by atoms with van der Waals surface area (Å²) in [7, 11) is 0. The zero-order valence-electron chi connectivity index (χ0n) is 13.7. The van der Waals surface area contributed by atoms with Crippen LogP contribution in [0.5, 0.6) is 0 Å². The van der Waals surface area contributed by atoms with Gasteiger partial charge in [0.1, 0.15) is 0 Å². The minimum atomic E-state index is 0.132. The van der Waals surface area contributed by atoms with E-state index in [2.05, 4.69) is 17.0 Å². The Kier molecular flexibility index (Phi) is 4.41. The van der Waals surface area contributed by atoms with Gasteiger partial charge in [-0.05, 0) is 31.4 Å². The largest absolute Gasteiger partial charge is 0.396 e. The summed E-state index contributed by atoms with van der Waals surface area (Å²) in [5.41, 5.74) is 1.06. The Morgan fingerprint density at radius 2 is 2.00 bits per heavy atom. The van der Waals surface area contributed by atoms with Crippen molar-refractivity contribution in [3.8, 4) is 0 Å². The van der Waals surface area contributed by atoms with E-state index in [1.54, 1.807) is 11.3 Å². The molecule has 1 amide bonds. The van der Waals surface area contributed by atoms with Crippen LogP contribution in [0.15, 0.2) is 24.3 Å². The van der Waals surface area contributed by atoms with Crippen molar-refractivity contribution in [1.29, 1.82) is 0 Å². The smallest absolute Gasteiger partial charge is 0.225 e. The van der Waals surface area contributed by atoms with Gasteiger partial charge in [-0.15, -0.1) is 0 Å². The lowest BCUT2D eigenvalue weighted by atomic mass is 9.95. The average molecular weight is 345 g/mol. The molecule has 0 radical (unpaired) electrons. The van der Waals surface area contributed by atoms with Crippen LogP contribution in [0.25, 0.3) is 10.2 Å². The SMILES string of the molecule is O=C(C1CCN(c2nc3ccccc3s2)CC1)N1CCC(CO)C1. The standard InChI is InChI=1S/C18H23N3O2S/c22-12-13-5-8-21(11-13)17(23)14-6-9-20(10-7-14)18-19-15-3-1-2-4-16(15)24-18/h1-4,13-14,22H,5-12H2. The number of benzene rings is 1. The summed E-state index contributed by atoms with van der Waals surface area (Å²) < 4.78 is 1.22. The number of anilines is 1. The number of aliphatic hydroxyl groups excluding tert-OH is 1. The Morgan fingerprint density at radius 1 is 1.21 bits per heavy atom. The molecule has 2 aromatic rings. The Balaban J connectivity index is 1.37. The number of nitrogens with zero attached hydrogens (tertiary/aromatic N) is 3. The molecule has 0 spiro atoms.